The maximum absolute atomic E-state index is 5.41. The fourth-order valence-corrected chi connectivity index (χ4v) is 2.59. The number of rotatable bonds is 7. The lowest BCUT2D eigenvalue weighted by atomic mass is 10.2. The van der Waals surface area contributed by atoms with E-state index in [1.54, 1.807) is 27.4 Å². The third-order valence-electron chi connectivity index (χ3n) is 3.96. The van der Waals surface area contributed by atoms with Gasteiger partial charge in [0.05, 0.1) is 32.7 Å². The monoisotopic (exact) mass is 366 g/mol. The molecule has 2 N–H and O–H groups in total. The molecule has 0 aliphatic carbocycles. The van der Waals surface area contributed by atoms with E-state index < -0.39 is 0 Å². The van der Waals surface area contributed by atoms with Crippen molar-refractivity contribution >= 4 is 23.0 Å². The molecular formula is C20H22N4O3. The number of ether oxygens (including phenoxy) is 3. The summed E-state index contributed by atoms with van der Waals surface area (Å²) < 4.78 is 16.0. The predicted octanol–water partition coefficient (Wildman–Crippen LogP) is 4.30. The van der Waals surface area contributed by atoms with Gasteiger partial charge in [-0.05, 0) is 36.8 Å². The standard InChI is InChI=1S/C20H22N4O3/c1-13-5-8-17(26-3)16(9-13)24-20-11-19(21-12-22-20)23-15-7-6-14(25-2)10-18(15)27-4/h5-12H,1-4H3,(H2,21,22,23,24). The summed E-state index contributed by atoms with van der Waals surface area (Å²) in [5.41, 5.74) is 2.73. The summed E-state index contributed by atoms with van der Waals surface area (Å²) in [6.45, 7) is 2.02. The van der Waals surface area contributed by atoms with Crippen molar-refractivity contribution in [3.05, 3.63) is 54.4 Å². The highest BCUT2D eigenvalue weighted by Crippen LogP contribution is 2.32. The van der Waals surface area contributed by atoms with Gasteiger partial charge in [-0.15, -0.1) is 0 Å². The average Bonchev–Trinajstić information content (AvgIpc) is 2.69. The molecule has 0 amide bonds. The predicted molar refractivity (Wildman–Crippen MR) is 106 cm³/mol. The van der Waals surface area contributed by atoms with Gasteiger partial charge in [-0.3, -0.25) is 0 Å². The maximum Gasteiger partial charge on any atom is 0.146 e. The van der Waals surface area contributed by atoms with Crippen LogP contribution in [0, 0.1) is 6.92 Å². The lowest BCUT2D eigenvalue weighted by Gasteiger charge is -2.14. The molecule has 0 spiro atoms. The normalized spacial score (nSPS) is 10.2. The first-order valence-corrected chi connectivity index (χ1v) is 8.35. The average molecular weight is 366 g/mol. The van der Waals surface area contributed by atoms with Crippen LogP contribution in [0.25, 0.3) is 0 Å². The fraction of sp³-hybridized carbons (Fsp3) is 0.200. The summed E-state index contributed by atoms with van der Waals surface area (Å²) in [7, 11) is 4.86. The lowest BCUT2D eigenvalue weighted by molar-refractivity contribution is 0.395. The Morgan fingerprint density at radius 1 is 0.704 bits per heavy atom. The molecule has 0 aliphatic heterocycles. The van der Waals surface area contributed by atoms with E-state index in [0.29, 0.717) is 23.1 Å². The molecule has 0 saturated heterocycles. The van der Waals surface area contributed by atoms with Gasteiger partial charge in [0.25, 0.3) is 0 Å². The van der Waals surface area contributed by atoms with Gasteiger partial charge in [-0.2, -0.15) is 0 Å². The Labute approximate surface area is 158 Å². The lowest BCUT2D eigenvalue weighted by Crippen LogP contribution is -2.01. The van der Waals surface area contributed by atoms with Crippen LogP contribution >= 0.6 is 0 Å². The summed E-state index contributed by atoms with van der Waals surface area (Å²) in [4.78, 5) is 8.56. The molecule has 0 bridgehead atoms. The van der Waals surface area contributed by atoms with E-state index in [9.17, 15) is 0 Å². The highest BCUT2D eigenvalue weighted by atomic mass is 16.5. The van der Waals surface area contributed by atoms with Gasteiger partial charge in [0.15, 0.2) is 0 Å². The first-order chi connectivity index (χ1) is 13.1. The molecule has 140 valence electrons. The minimum absolute atomic E-state index is 0.627. The summed E-state index contributed by atoms with van der Waals surface area (Å²) in [5.74, 6) is 3.38. The Morgan fingerprint density at radius 3 is 2.07 bits per heavy atom. The molecule has 7 nitrogen and oxygen atoms in total. The third kappa shape index (κ3) is 4.38. The van der Waals surface area contributed by atoms with Crippen molar-refractivity contribution in [3.8, 4) is 17.2 Å². The second-order valence-electron chi connectivity index (χ2n) is 5.81. The summed E-state index contributed by atoms with van der Waals surface area (Å²) >= 11 is 0. The van der Waals surface area contributed by atoms with Gasteiger partial charge >= 0.3 is 0 Å². The van der Waals surface area contributed by atoms with E-state index in [1.807, 2.05) is 43.3 Å². The number of hydrogen-bond donors (Lipinski definition) is 2. The van der Waals surface area contributed by atoms with Crippen molar-refractivity contribution in [2.75, 3.05) is 32.0 Å². The van der Waals surface area contributed by atoms with E-state index in [-0.39, 0.29) is 0 Å². The zero-order chi connectivity index (χ0) is 19.2. The zero-order valence-electron chi connectivity index (χ0n) is 15.7. The SMILES string of the molecule is COc1ccc(Nc2cc(Nc3cc(C)ccc3OC)ncn2)c(OC)c1. The molecule has 1 aromatic heterocycles. The van der Waals surface area contributed by atoms with Crippen molar-refractivity contribution in [1.82, 2.24) is 9.97 Å². The van der Waals surface area contributed by atoms with E-state index in [0.717, 1.165) is 22.7 Å². The topological polar surface area (TPSA) is 77.5 Å². The number of anilines is 4. The molecule has 0 unspecified atom stereocenters. The van der Waals surface area contributed by atoms with Gasteiger partial charge < -0.3 is 24.8 Å². The Morgan fingerprint density at radius 2 is 1.41 bits per heavy atom. The number of hydrogen-bond acceptors (Lipinski definition) is 7. The van der Waals surface area contributed by atoms with Crippen LogP contribution in [0.5, 0.6) is 17.2 Å². The molecule has 0 saturated carbocycles. The number of nitrogens with one attached hydrogen (secondary N) is 2. The third-order valence-corrected chi connectivity index (χ3v) is 3.96. The molecule has 0 atom stereocenters. The number of aromatic nitrogens is 2. The van der Waals surface area contributed by atoms with Crippen molar-refractivity contribution in [1.29, 1.82) is 0 Å². The Bertz CT molecular complexity index is 931. The van der Waals surface area contributed by atoms with Gasteiger partial charge in [0.2, 0.25) is 0 Å². The molecule has 0 fully saturated rings. The van der Waals surface area contributed by atoms with E-state index in [2.05, 4.69) is 20.6 Å². The number of benzene rings is 2. The van der Waals surface area contributed by atoms with Gasteiger partial charge in [0.1, 0.15) is 35.2 Å². The summed E-state index contributed by atoms with van der Waals surface area (Å²) in [6, 6.07) is 13.2. The first kappa shape index (κ1) is 18.3. The maximum atomic E-state index is 5.41. The van der Waals surface area contributed by atoms with Crippen LogP contribution < -0.4 is 24.8 Å². The van der Waals surface area contributed by atoms with Crippen molar-refractivity contribution in [2.24, 2.45) is 0 Å². The van der Waals surface area contributed by atoms with E-state index in [1.165, 1.54) is 6.33 Å². The Kier molecular flexibility index (Phi) is 5.61. The first-order valence-electron chi connectivity index (χ1n) is 8.35. The second-order valence-corrected chi connectivity index (χ2v) is 5.81. The second kappa shape index (κ2) is 8.27. The van der Waals surface area contributed by atoms with Gasteiger partial charge in [-0.1, -0.05) is 6.07 Å². The van der Waals surface area contributed by atoms with Crippen LogP contribution in [-0.4, -0.2) is 31.3 Å². The van der Waals surface area contributed by atoms with Crippen LogP contribution in [0.15, 0.2) is 48.8 Å². The smallest absolute Gasteiger partial charge is 0.146 e. The van der Waals surface area contributed by atoms with E-state index >= 15 is 0 Å². The fourth-order valence-electron chi connectivity index (χ4n) is 2.59. The van der Waals surface area contributed by atoms with Crippen LogP contribution in [0.1, 0.15) is 5.56 Å². The molecule has 3 rings (SSSR count). The molecular weight excluding hydrogens is 344 g/mol. The van der Waals surface area contributed by atoms with Crippen LogP contribution in [0.4, 0.5) is 23.0 Å². The van der Waals surface area contributed by atoms with Crippen LogP contribution in [0.3, 0.4) is 0 Å². The summed E-state index contributed by atoms with van der Waals surface area (Å²) in [5, 5.41) is 6.51. The largest absolute Gasteiger partial charge is 0.497 e. The minimum Gasteiger partial charge on any atom is -0.497 e. The molecule has 7 heteroatoms. The van der Waals surface area contributed by atoms with Crippen molar-refractivity contribution in [2.45, 2.75) is 6.92 Å². The highest BCUT2D eigenvalue weighted by molar-refractivity contribution is 5.70. The Balaban J connectivity index is 1.83. The number of methoxy groups -OCH3 is 3. The Hall–Kier alpha value is -3.48. The molecule has 0 aliphatic rings. The van der Waals surface area contributed by atoms with Gasteiger partial charge in [-0.25, -0.2) is 9.97 Å². The number of aryl methyl sites for hydroxylation is 1. The van der Waals surface area contributed by atoms with Crippen molar-refractivity contribution in [3.63, 3.8) is 0 Å². The molecule has 2 aromatic carbocycles. The molecule has 27 heavy (non-hydrogen) atoms. The molecule has 3 aromatic rings. The van der Waals surface area contributed by atoms with Gasteiger partial charge in [0, 0.05) is 12.1 Å². The van der Waals surface area contributed by atoms with Crippen LogP contribution in [0.2, 0.25) is 0 Å². The van der Waals surface area contributed by atoms with Crippen LogP contribution in [-0.2, 0) is 0 Å². The van der Waals surface area contributed by atoms with Crippen molar-refractivity contribution < 1.29 is 14.2 Å². The minimum atomic E-state index is 0.627. The highest BCUT2D eigenvalue weighted by Gasteiger charge is 2.09. The summed E-state index contributed by atoms with van der Waals surface area (Å²) in [6.07, 6.45) is 1.49. The number of nitrogens with zero attached hydrogens (tertiary/aromatic N) is 2. The molecule has 0 radical (unpaired) electrons. The quantitative estimate of drug-likeness (QED) is 0.645. The van der Waals surface area contributed by atoms with E-state index in [4.69, 9.17) is 14.2 Å². The zero-order valence-corrected chi connectivity index (χ0v) is 15.7. The molecule has 1 heterocycles.